The first-order valence-corrected chi connectivity index (χ1v) is 12.9. The molecule has 6 N–H and O–H groups in total. The van der Waals surface area contributed by atoms with Gasteiger partial charge in [0.1, 0.15) is 17.3 Å². The SMILES string of the molecule is Cc1nc(C)nc(Nc2cccc(C(=O)Nc3cc(S(=O)(=O)O)cc4cc(SOOO)c(N=N)c(O)c34)c2)n1. The third kappa shape index (κ3) is 6.25. The van der Waals surface area contributed by atoms with Gasteiger partial charge in [0, 0.05) is 16.6 Å². The second-order valence-corrected chi connectivity index (χ2v) is 10.0. The lowest BCUT2D eigenvalue weighted by Crippen LogP contribution is -2.13. The largest absolute Gasteiger partial charge is 0.505 e. The fourth-order valence-electron chi connectivity index (χ4n) is 3.66. The maximum absolute atomic E-state index is 13.2. The van der Waals surface area contributed by atoms with Crippen LogP contribution in [-0.2, 0) is 19.5 Å². The highest BCUT2D eigenvalue weighted by atomic mass is 32.2. The second-order valence-electron chi connectivity index (χ2n) is 7.87. The summed E-state index contributed by atoms with van der Waals surface area (Å²) in [5.74, 6) is -0.0418. The summed E-state index contributed by atoms with van der Waals surface area (Å²) in [4.78, 5) is 25.1. The van der Waals surface area contributed by atoms with Crippen LogP contribution >= 0.6 is 12.0 Å². The lowest BCUT2D eigenvalue weighted by atomic mass is 10.1. The van der Waals surface area contributed by atoms with Crippen LogP contribution in [0.25, 0.3) is 10.8 Å². The number of aromatic hydroxyl groups is 1. The van der Waals surface area contributed by atoms with Gasteiger partial charge < -0.3 is 15.7 Å². The highest BCUT2D eigenvalue weighted by molar-refractivity contribution is 7.94. The summed E-state index contributed by atoms with van der Waals surface area (Å²) in [6.07, 6.45) is 0. The van der Waals surface area contributed by atoms with Gasteiger partial charge in [0.2, 0.25) is 5.95 Å². The summed E-state index contributed by atoms with van der Waals surface area (Å²) in [7, 11) is -4.75. The lowest BCUT2D eigenvalue weighted by molar-refractivity contribution is -0.432. The number of hydrogen-bond acceptors (Lipinski definition) is 14. The Bertz CT molecular complexity index is 1700. The number of aromatic nitrogens is 3. The third-order valence-electron chi connectivity index (χ3n) is 5.18. The molecule has 0 spiro atoms. The Morgan fingerprint density at radius 1 is 1.10 bits per heavy atom. The molecule has 0 bridgehead atoms. The first-order chi connectivity index (χ1) is 18.5. The smallest absolute Gasteiger partial charge is 0.294 e. The van der Waals surface area contributed by atoms with Gasteiger partial charge in [0.05, 0.1) is 27.5 Å². The van der Waals surface area contributed by atoms with E-state index in [2.05, 4.69) is 40.1 Å². The van der Waals surface area contributed by atoms with E-state index in [-0.39, 0.29) is 38.6 Å². The molecule has 0 saturated heterocycles. The maximum atomic E-state index is 13.2. The number of rotatable bonds is 9. The van der Waals surface area contributed by atoms with E-state index in [4.69, 9.17) is 10.8 Å². The lowest BCUT2D eigenvalue weighted by Gasteiger charge is -2.15. The maximum Gasteiger partial charge on any atom is 0.294 e. The van der Waals surface area contributed by atoms with Crippen molar-refractivity contribution in [2.75, 3.05) is 10.6 Å². The van der Waals surface area contributed by atoms with Gasteiger partial charge in [-0.25, -0.2) is 15.8 Å². The first kappa shape index (κ1) is 27.8. The van der Waals surface area contributed by atoms with Gasteiger partial charge in [-0.3, -0.25) is 9.35 Å². The van der Waals surface area contributed by atoms with Gasteiger partial charge in [-0.05, 0) is 55.6 Å². The number of amides is 1. The van der Waals surface area contributed by atoms with Crippen molar-refractivity contribution in [3.63, 3.8) is 0 Å². The minimum Gasteiger partial charge on any atom is -0.505 e. The van der Waals surface area contributed by atoms with E-state index in [1.54, 1.807) is 26.0 Å². The Hall–Kier alpha value is -4.26. The van der Waals surface area contributed by atoms with E-state index in [1.165, 1.54) is 18.2 Å². The number of hydrogen-bond donors (Lipinski definition) is 6. The predicted molar refractivity (Wildman–Crippen MR) is 138 cm³/mol. The summed E-state index contributed by atoms with van der Waals surface area (Å²) >= 11 is 0.368. The number of anilines is 3. The molecule has 202 valence electrons. The van der Waals surface area contributed by atoms with Gasteiger partial charge >= 0.3 is 0 Å². The van der Waals surface area contributed by atoms with Crippen LogP contribution < -0.4 is 10.6 Å². The number of nitrogens with zero attached hydrogens (tertiary/aromatic N) is 4. The minimum absolute atomic E-state index is 0.0188. The summed E-state index contributed by atoms with van der Waals surface area (Å²) in [5, 5.41) is 31.5. The Balaban J connectivity index is 1.76. The fourth-order valence-corrected chi connectivity index (χ4v) is 4.71. The Kier molecular flexibility index (Phi) is 8.00. The van der Waals surface area contributed by atoms with Crippen molar-refractivity contribution in [1.82, 2.24) is 15.0 Å². The average Bonchev–Trinajstić information content (AvgIpc) is 2.86. The molecule has 0 fully saturated rings. The molecule has 4 rings (SSSR count). The van der Waals surface area contributed by atoms with E-state index in [9.17, 15) is 22.9 Å². The third-order valence-corrected chi connectivity index (χ3v) is 6.63. The van der Waals surface area contributed by atoms with E-state index >= 15 is 0 Å². The van der Waals surface area contributed by atoms with Crippen molar-refractivity contribution in [2.45, 2.75) is 23.6 Å². The number of benzene rings is 3. The molecule has 0 saturated carbocycles. The second kappa shape index (κ2) is 11.2. The molecule has 1 amide bonds. The van der Waals surface area contributed by atoms with Gasteiger partial charge in [-0.15, -0.1) is 4.33 Å². The van der Waals surface area contributed by atoms with E-state index in [0.29, 0.717) is 29.4 Å². The molecule has 0 atom stereocenters. The molecular weight excluding hydrogens is 554 g/mol. The van der Waals surface area contributed by atoms with Crippen LogP contribution in [0, 0.1) is 19.4 Å². The zero-order valence-corrected chi connectivity index (χ0v) is 21.7. The van der Waals surface area contributed by atoms with Crippen LogP contribution in [0.15, 0.2) is 57.4 Å². The van der Waals surface area contributed by atoms with Crippen molar-refractivity contribution in [1.29, 1.82) is 5.53 Å². The molecule has 0 unspecified atom stereocenters. The number of carbonyl (C=O) groups is 1. The minimum atomic E-state index is -4.75. The molecular formula is C22H19N7O8S2. The van der Waals surface area contributed by atoms with E-state index in [1.807, 2.05) is 0 Å². The van der Waals surface area contributed by atoms with Crippen molar-refractivity contribution in [2.24, 2.45) is 5.11 Å². The highest BCUT2D eigenvalue weighted by Gasteiger charge is 2.22. The molecule has 0 aliphatic carbocycles. The molecule has 3 aromatic carbocycles. The van der Waals surface area contributed by atoms with Crippen molar-refractivity contribution >= 4 is 61.9 Å². The Labute approximate surface area is 224 Å². The fraction of sp³-hybridized carbons (Fsp3) is 0.0909. The Morgan fingerprint density at radius 3 is 2.46 bits per heavy atom. The number of carbonyl (C=O) groups excluding carboxylic acids is 1. The normalized spacial score (nSPS) is 11.4. The quantitative estimate of drug-likeness (QED) is 0.0526. The van der Waals surface area contributed by atoms with Crippen LogP contribution in [-0.4, -0.2) is 44.2 Å². The molecule has 0 radical (unpaired) electrons. The molecule has 4 aromatic rings. The zero-order chi connectivity index (χ0) is 28.3. The molecule has 17 heteroatoms. The molecule has 15 nitrogen and oxygen atoms in total. The summed E-state index contributed by atoms with van der Waals surface area (Å²) in [6, 6.07) is 9.47. The van der Waals surface area contributed by atoms with Gasteiger partial charge in [0.25, 0.3) is 16.0 Å². The molecule has 1 heterocycles. The molecule has 0 aliphatic rings. The van der Waals surface area contributed by atoms with Crippen LogP contribution in [0.2, 0.25) is 0 Å². The number of nitrogens with one attached hydrogen (secondary N) is 3. The van der Waals surface area contributed by atoms with Gasteiger partial charge in [0.15, 0.2) is 5.75 Å². The van der Waals surface area contributed by atoms with E-state index < -0.39 is 26.7 Å². The zero-order valence-electron chi connectivity index (χ0n) is 20.0. The number of fused-ring (bicyclic) bond motifs is 1. The standard InChI is InChI=1S/C22H19N7O8S2/c1-10-24-11(2)26-22(25-10)27-14-5-3-4-12(6-14)21(31)28-16-9-15(39(33,34)35)7-13-8-17(38-37-36-32)19(29-23)20(30)18(13)16/h3-9,23,30,32H,1-2H3,(H,28,31)(H,33,34,35)(H,24,25,26,27). The van der Waals surface area contributed by atoms with Gasteiger partial charge in [-0.2, -0.15) is 23.5 Å². The average molecular weight is 574 g/mol. The Morgan fingerprint density at radius 2 is 1.82 bits per heavy atom. The van der Waals surface area contributed by atoms with Gasteiger partial charge in [-0.1, -0.05) is 11.1 Å². The number of phenolic OH excluding ortho intramolecular Hbond substituents is 1. The van der Waals surface area contributed by atoms with Crippen molar-refractivity contribution < 1.29 is 37.5 Å². The summed E-state index contributed by atoms with van der Waals surface area (Å²) < 4.78 is 37.9. The van der Waals surface area contributed by atoms with Crippen molar-refractivity contribution in [3.8, 4) is 5.75 Å². The molecule has 39 heavy (non-hydrogen) atoms. The van der Waals surface area contributed by atoms with Crippen LogP contribution in [0.3, 0.4) is 0 Å². The number of phenols is 1. The molecule has 0 aliphatic heterocycles. The molecule has 1 aromatic heterocycles. The van der Waals surface area contributed by atoms with E-state index in [0.717, 1.165) is 12.1 Å². The monoisotopic (exact) mass is 573 g/mol. The summed E-state index contributed by atoms with van der Waals surface area (Å²) in [5.41, 5.74) is 7.49. The van der Waals surface area contributed by atoms with Crippen LogP contribution in [0.5, 0.6) is 5.75 Å². The predicted octanol–water partition coefficient (Wildman–Crippen LogP) is 4.68. The van der Waals surface area contributed by atoms with Crippen LogP contribution in [0.4, 0.5) is 23.0 Å². The topological polar surface area (TPSA) is 229 Å². The number of aryl methyl sites for hydroxylation is 2. The first-order valence-electron chi connectivity index (χ1n) is 10.7. The highest BCUT2D eigenvalue weighted by Crippen LogP contribution is 2.46. The van der Waals surface area contributed by atoms with Crippen LogP contribution in [0.1, 0.15) is 22.0 Å². The summed E-state index contributed by atoms with van der Waals surface area (Å²) in [6.45, 7) is 3.41. The van der Waals surface area contributed by atoms with Crippen molar-refractivity contribution in [3.05, 3.63) is 59.7 Å².